The molecule has 1 rings (SSSR count). The SMILES string of the molecule is CCCC(=O)C1OC1C(C)(C)C. The van der Waals surface area contributed by atoms with E-state index in [1.54, 1.807) is 0 Å². The predicted molar refractivity (Wildman–Crippen MR) is 48.0 cm³/mol. The van der Waals surface area contributed by atoms with Gasteiger partial charge in [0.2, 0.25) is 0 Å². The molecule has 0 amide bonds. The number of epoxide rings is 1. The van der Waals surface area contributed by atoms with E-state index in [1.165, 1.54) is 0 Å². The largest absolute Gasteiger partial charge is 0.361 e. The van der Waals surface area contributed by atoms with Crippen LogP contribution >= 0.6 is 0 Å². The zero-order chi connectivity index (χ0) is 9.35. The van der Waals surface area contributed by atoms with Gasteiger partial charge in [0.1, 0.15) is 6.10 Å². The number of carbonyl (C=O) groups is 1. The molecule has 1 aliphatic heterocycles. The third-order valence-electron chi connectivity index (χ3n) is 2.16. The second kappa shape index (κ2) is 3.17. The van der Waals surface area contributed by atoms with Crippen LogP contribution < -0.4 is 0 Å². The molecule has 2 atom stereocenters. The smallest absolute Gasteiger partial charge is 0.164 e. The highest BCUT2D eigenvalue weighted by Crippen LogP contribution is 2.38. The Morgan fingerprint density at radius 2 is 2.00 bits per heavy atom. The van der Waals surface area contributed by atoms with Crippen molar-refractivity contribution in [1.29, 1.82) is 0 Å². The molecule has 0 spiro atoms. The molecule has 0 bridgehead atoms. The standard InChI is InChI=1S/C10H18O2/c1-5-6-7(11)8-9(12-8)10(2,3)4/h8-9H,5-6H2,1-4H3. The van der Waals surface area contributed by atoms with E-state index in [0.29, 0.717) is 6.42 Å². The molecule has 2 unspecified atom stereocenters. The lowest BCUT2D eigenvalue weighted by Crippen LogP contribution is -2.20. The van der Waals surface area contributed by atoms with Gasteiger partial charge in [-0.05, 0) is 11.8 Å². The molecule has 1 aliphatic rings. The van der Waals surface area contributed by atoms with Crippen LogP contribution in [0.4, 0.5) is 0 Å². The van der Waals surface area contributed by atoms with E-state index in [1.807, 2.05) is 6.92 Å². The van der Waals surface area contributed by atoms with Crippen LogP contribution in [0.15, 0.2) is 0 Å². The summed E-state index contributed by atoms with van der Waals surface area (Å²) in [5.74, 6) is 0.275. The Bertz CT molecular complexity index is 179. The highest BCUT2D eigenvalue weighted by molar-refractivity contribution is 5.85. The van der Waals surface area contributed by atoms with Crippen molar-refractivity contribution in [2.75, 3.05) is 0 Å². The van der Waals surface area contributed by atoms with E-state index < -0.39 is 0 Å². The van der Waals surface area contributed by atoms with E-state index >= 15 is 0 Å². The fraction of sp³-hybridized carbons (Fsp3) is 0.900. The van der Waals surface area contributed by atoms with Crippen molar-refractivity contribution in [3.05, 3.63) is 0 Å². The maximum atomic E-state index is 11.3. The first kappa shape index (κ1) is 9.72. The quantitative estimate of drug-likeness (QED) is 0.607. The third kappa shape index (κ3) is 2.07. The van der Waals surface area contributed by atoms with Gasteiger partial charge < -0.3 is 4.74 Å². The van der Waals surface area contributed by atoms with Gasteiger partial charge in [0, 0.05) is 6.42 Å². The molecule has 0 saturated carbocycles. The Balaban J connectivity index is 2.37. The minimum atomic E-state index is -0.0926. The lowest BCUT2D eigenvalue weighted by molar-refractivity contribution is -0.120. The minimum absolute atomic E-state index is 0.0926. The van der Waals surface area contributed by atoms with Crippen LogP contribution in [-0.4, -0.2) is 18.0 Å². The Hall–Kier alpha value is -0.370. The Morgan fingerprint density at radius 3 is 2.33 bits per heavy atom. The van der Waals surface area contributed by atoms with Crippen molar-refractivity contribution in [3.8, 4) is 0 Å². The number of carbonyl (C=O) groups excluding carboxylic acids is 1. The van der Waals surface area contributed by atoms with Crippen molar-refractivity contribution < 1.29 is 9.53 Å². The maximum absolute atomic E-state index is 11.3. The predicted octanol–water partition coefficient (Wildman–Crippen LogP) is 2.17. The van der Waals surface area contributed by atoms with Gasteiger partial charge in [0.15, 0.2) is 5.78 Å². The first-order valence-corrected chi connectivity index (χ1v) is 4.65. The molecule has 0 radical (unpaired) electrons. The van der Waals surface area contributed by atoms with Gasteiger partial charge >= 0.3 is 0 Å². The number of hydrogen-bond donors (Lipinski definition) is 0. The second-order valence-corrected chi connectivity index (χ2v) is 4.56. The van der Waals surface area contributed by atoms with Gasteiger partial charge in [-0.1, -0.05) is 27.7 Å². The first-order chi connectivity index (χ1) is 5.46. The summed E-state index contributed by atoms with van der Waals surface area (Å²) in [6, 6.07) is 0. The molecule has 1 saturated heterocycles. The van der Waals surface area contributed by atoms with Gasteiger partial charge in [0.05, 0.1) is 6.10 Å². The molecule has 70 valence electrons. The molecule has 2 heteroatoms. The topological polar surface area (TPSA) is 29.6 Å². The van der Waals surface area contributed by atoms with E-state index in [9.17, 15) is 4.79 Å². The van der Waals surface area contributed by atoms with Gasteiger partial charge in [-0.15, -0.1) is 0 Å². The highest BCUT2D eigenvalue weighted by atomic mass is 16.6. The van der Waals surface area contributed by atoms with Crippen LogP contribution in [-0.2, 0) is 9.53 Å². The normalized spacial score (nSPS) is 28.7. The lowest BCUT2D eigenvalue weighted by Gasteiger charge is -2.13. The van der Waals surface area contributed by atoms with Crippen LogP contribution in [0, 0.1) is 5.41 Å². The Morgan fingerprint density at radius 1 is 1.42 bits per heavy atom. The average molecular weight is 170 g/mol. The van der Waals surface area contributed by atoms with Crippen LogP contribution in [0.3, 0.4) is 0 Å². The Labute approximate surface area is 74.3 Å². The molecule has 1 fully saturated rings. The summed E-state index contributed by atoms with van der Waals surface area (Å²) < 4.78 is 5.35. The number of ether oxygens (including phenoxy) is 1. The van der Waals surface area contributed by atoms with Crippen LogP contribution in [0.2, 0.25) is 0 Å². The molecule has 0 N–H and O–H groups in total. The van der Waals surface area contributed by atoms with Crippen LogP contribution in [0.5, 0.6) is 0 Å². The van der Waals surface area contributed by atoms with Gasteiger partial charge in [-0.25, -0.2) is 0 Å². The molecular formula is C10H18O2. The summed E-state index contributed by atoms with van der Waals surface area (Å²) >= 11 is 0. The molecule has 0 aromatic heterocycles. The monoisotopic (exact) mass is 170 g/mol. The summed E-state index contributed by atoms with van der Waals surface area (Å²) in [5, 5.41) is 0. The molecule has 12 heavy (non-hydrogen) atoms. The maximum Gasteiger partial charge on any atom is 0.164 e. The van der Waals surface area contributed by atoms with E-state index in [0.717, 1.165) is 6.42 Å². The Kier molecular flexibility index (Phi) is 2.57. The molecule has 0 aromatic carbocycles. The number of hydrogen-bond acceptors (Lipinski definition) is 2. The molecule has 2 nitrogen and oxygen atoms in total. The van der Waals surface area contributed by atoms with Gasteiger partial charge in [0.25, 0.3) is 0 Å². The number of Topliss-reactive ketones (excluding diaryl/α,β-unsaturated/α-hetero) is 1. The minimum Gasteiger partial charge on any atom is -0.361 e. The van der Waals surface area contributed by atoms with Crippen molar-refractivity contribution in [1.82, 2.24) is 0 Å². The van der Waals surface area contributed by atoms with Crippen LogP contribution in [0.1, 0.15) is 40.5 Å². The van der Waals surface area contributed by atoms with E-state index in [4.69, 9.17) is 4.74 Å². The molecule has 1 heterocycles. The first-order valence-electron chi connectivity index (χ1n) is 4.65. The van der Waals surface area contributed by atoms with E-state index in [-0.39, 0.29) is 23.4 Å². The zero-order valence-electron chi connectivity index (χ0n) is 8.39. The third-order valence-corrected chi connectivity index (χ3v) is 2.16. The highest BCUT2D eigenvalue weighted by Gasteiger charge is 2.50. The number of ketones is 1. The molecular weight excluding hydrogens is 152 g/mol. The second-order valence-electron chi connectivity index (χ2n) is 4.56. The summed E-state index contributed by atoms with van der Waals surface area (Å²) in [6.45, 7) is 8.34. The van der Waals surface area contributed by atoms with E-state index in [2.05, 4.69) is 20.8 Å². The summed E-state index contributed by atoms with van der Waals surface area (Å²) in [4.78, 5) is 11.3. The van der Waals surface area contributed by atoms with Crippen molar-refractivity contribution in [2.24, 2.45) is 5.41 Å². The summed E-state index contributed by atoms with van der Waals surface area (Å²) in [6.07, 6.45) is 1.66. The fourth-order valence-electron chi connectivity index (χ4n) is 1.40. The summed E-state index contributed by atoms with van der Waals surface area (Å²) in [7, 11) is 0. The summed E-state index contributed by atoms with van der Waals surface area (Å²) in [5.41, 5.74) is 0.119. The molecule has 0 aliphatic carbocycles. The van der Waals surface area contributed by atoms with Crippen LogP contribution in [0.25, 0.3) is 0 Å². The fourth-order valence-corrected chi connectivity index (χ4v) is 1.40. The van der Waals surface area contributed by atoms with Crippen molar-refractivity contribution >= 4 is 5.78 Å². The molecule has 0 aromatic rings. The van der Waals surface area contributed by atoms with Gasteiger partial charge in [-0.2, -0.15) is 0 Å². The average Bonchev–Trinajstić information content (AvgIpc) is 2.62. The zero-order valence-corrected chi connectivity index (χ0v) is 8.39. The van der Waals surface area contributed by atoms with Crippen molar-refractivity contribution in [2.45, 2.75) is 52.7 Å². The number of rotatable bonds is 3. The van der Waals surface area contributed by atoms with Gasteiger partial charge in [-0.3, -0.25) is 4.79 Å². The lowest BCUT2D eigenvalue weighted by atomic mass is 9.89. The van der Waals surface area contributed by atoms with Crippen molar-refractivity contribution in [3.63, 3.8) is 0 Å².